The highest BCUT2D eigenvalue weighted by molar-refractivity contribution is 5.15. The normalized spacial score (nSPS) is 11.4. The molecule has 0 amide bonds. The van der Waals surface area contributed by atoms with E-state index in [0.717, 1.165) is 5.75 Å². The summed E-state index contributed by atoms with van der Waals surface area (Å²) in [6, 6.07) is 3.73. The van der Waals surface area contributed by atoms with E-state index in [2.05, 4.69) is 4.98 Å². The van der Waals surface area contributed by atoms with Gasteiger partial charge in [0.1, 0.15) is 12.4 Å². The molecule has 3 heteroatoms. The van der Waals surface area contributed by atoms with Gasteiger partial charge in [-0.1, -0.05) is 0 Å². The Bertz CT molecular complexity index is 254. The Morgan fingerprint density at radius 1 is 1.29 bits per heavy atom. The fourth-order valence-corrected chi connectivity index (χ4v) is 0.940. The average molecular weight is 195 g/mol. The SMILES string of the molecule is CC(C)(C)OCCOc1cccnc1. The summed E-state index contributed by atoms with van der Waals surface area (Å²) in [5, 5.41) is 0. The number of hydrogen-bond acceptors (Lipinski definition) is 3. The molecule has 1 rings (SSSR count). The average Bonchev–Trinajstić information content (AvgIpc) is 2.13. The van der Waals surface area contributed by atoms with Crippen molar-refractivity contribution in [3.05, 3.63) is 24.5 Å². The molecule has 0 radical (unpaired) electrons. The second kappa shape index (κ2) is 4.96. The Balaban J connectivity index is 2.17. The predicted octanol–water partition coefficient (Wildman–Crippen LogP) is 2.28. The molecule has 3 nitrogen and oxygen atoms in total. The lowest BCUT2D eigenvalue weighted by Gasteiger charge is -2.19. The summed E-state index contributed by atoms with van der Waals surface area (Å²) < 4.78 is 10.9. The molecule has 1 aromatic heterocycles. The van der Waals surface area contributed by atoms with Gasteiger partial charge in [-0.2, -0.15) is 0 Å². The van der Waals surface area contributed by atoms with E-state index in [0.29, 0.717) is 13.2 Å². The molecule has 0 spiro atoms. The van der Waals surface area contributed by atoms with Crippen molar-refractivity contribution in [1.29, 1.82) is 0 Å². The first kappa shape index (κ1) is 11.0. The van der Waals surface area contributed by atoms with Gasteiger partial charge in [-0.05, 0) is 32.9 Å². The van der Waals surface area contributed by atoms with Gasteiger partial charge in [-0.15, -0.1) is 0 Å². The fraction of sp³-hybridized carbons (Fsp3) is 0.545. The van der Waals surface area contributed by atoms with Crippen LogP contribution in [-0.4, -0.2) is 23.8 Å². The largest absolute Gasteiger partial charge is 0.490 e. The van der Waals surface area contributed by atoms with Gasteiger partial charge < -0.3 is 9.47 Å². The molecule has 1 aromatic rings. The van der Waals surface area contributed by atoms with Crippen molar-refractivity contribution < 1.29 is 9.47 Å². The number of pyridine rings is 1. The molecule has 0 aliphatic heterocycles. The van der Waals surface area contributed by atoms with Crippen LogP contribution in [0.1, 0.15) is 20.8 Å². The monoisotopic (exact) mass is 195 g/mol. The summed E-state index contributed by atoms with van der Waals surface area (Å²) in [6.07, 6.45) is 3.41. The Morgan fingerprint density at radius 2 is 2.07 bits per heavy atom. The van der Waals surface area contributed by atoms with Crippen LogP contribution in [-0.2, 0) is 4.74 Å². The number of ether oxygens (including phenoxy) is 2. The van der Waals surface area contributed by atoms with E-state index < -0.39 is 0 Å². The summed E-state index contributed by atoms with van der Waals surface area (Å²) in [6.45, 7) is 7.23. The summed E-state index contributed by atoms with van der Waals surface area (Å²) in [4.78, 5) is 3.95. The van der Waals surface area contributed by atoms with Gasteiger partial charge in [0.15, 0.2) is 0 Å². The summed E-state index contributed by atoms with van der Waals surface area (Å²) >= 11 is 0. The molecular weight excluding hydrogens is 178 g/mol. The zero-order valence-electron chi connectivity index (χ0n) is 8.99. The fourth-order valence-electron chi connectivity index (χ4n) is 0.940. The van der Waals surface area contributed by atoms with Gasteiger partial charge in [0, 0.05) is 6.20 Å². The number of nitrogens with zero attached hydrogens (tertiary/aromatic N) is 1. The molecule has 0 bridgehead atoms. The Hall–Kier alpha value is -1.09. The lowest BCUT2D eigenvalue weighted by molar-refractivity contribution is -0.0163. The first-order chi connectivity index (χ1) is 6.58. The third-order valence-electron chi connectivity index (χ3n) is 1.52. The van der Waals surface area contributed by atoms with Gasteiger partial charge in [0.05, 0.1) is 18.4 Å². The molecule has 78 valence electrons. The van der Waals surface area contributed by atoms with E-state index in [1.165, 1.54) is 0 Å². The quantitative estimate of drug-likeness (QED) is 0.691. The van der Waals surface area contributed by atoms with Gasteiger partial charge in [-0.25, -0.2) is 0 Å². The van der Waals surface area contributed by atoms with E-state index in [-0.39, 0.29) is 5.60 Å². The second-order valence-corrected chi connectivity index (χ2v) is 4.00. The standard InChI is InChI=1S/C11H17NO2/c1-11(2,3)14-8-7-13-10-5-4-6-12-9-10/h4-6,9H,7-8H2,1-3H3. The molecule has 0 aliphatic rings. The first-order valence-electron chi connectivity index (χ1n) is 4.75. The number of aromatic nitrogens is 1. The van der Waals surface area contributed by atoms with Crippen molar-refractivity contribution in [3.63, 3.8) is 0 Å². The topological polar surface area (TPSA) is 31.4 Å². The Kier molecular flexibility index (Phi) is 3.89. The molecule has 0 aliphatic carbocycles. The van der Waals surface area contributed by atoms with Gasteiger partial charge in [-0.3, -0.25) is 4.98 Å². The van der Waals surface area contributed by atoms with Crippen molar-refractivity contribution in [2.24, 2.45) is 0 Å². The van der Waals surface area contributed by atoms with E-state index in [9.17, 15) is 0 Å². The smallest absolute Gasteiger partial charge is 0.137 e. The molecule has 14 heavy (non-hydrogen) atoms. The maximum atomic E-state index is 5.51. The molecule has 0 saturated carbocycles. The third kappa shape index (κ3) is 4.82. The molecule has 0 fully saturated rings. The van der Waals surface area contributed by atoms with Crippen molar-refractivity contribution >= 4 is 0 Å². The van der Waals surface area contributed by atoms with Crippen LogP contribution in [0.25, 0.3) is 0 Å². The van der Waals surface area contributed by atoms with Crippen molar-refractivity contribution in [2.75, 3.05) is 13.2 Å². The van der Waals surface area contributed by atoms with Crippen molar-refractivity contribution in [1.82, 2.24) is 4.98 Å². The second-order valence-electron chi connectivity index (χ2n) is 4.00. The minimum Gasteiger partial charge on any atom is -0.490 e. The zero-order valence-corrected chi connectivity index (χ0v) is 8.99. The zero-order chi connectivity index (χ0) is 10.4. The summed E-state index contributed by atoms with van der Waals surface area (Å²) in [7, 11) is 0. The first-order valence-corrected chi connectivity index (χ1v) is 4.75. The van der Waals surface area contributed by atoms with Crippen LogP contribution in [0, 0.1) is 0 Å². The van der Waals surface area contributed by atoms with Crippen LogP contribution < -0.4 is 4.74 Å². The summed E-state index contributed by atoms with van der Waals surface area (Å²) in [5.74, 6) is 0.782. The molecule has 0 atom stereocenters. The highest BCUT2D eigenvalue weighted by atomic mass is 16.5. The van der Waals surface area contributed by atoms with Crippen LogP contribution in [0.3, 0.4) is 0 Å². The Morgan fingerprint density at radius 3 is 2.64 bits per heavy atom. The maximum Gasteiger partial charge on any atom is 0.137 e. The Labute approximate surface area is 85.1 Å². The number of hydrogen-bond donors (Lipinski definition) is 0. The minimum absolute atomic E-state index is 0.0989. The molecule has 0 saturated heterocycles. The maximum absolute atomic E-state index is 5.51. The van der Waals surface area contributed by atoms with Crippen LogP contribution in [0.5, 0.6) is 5.75 Å². The molecule has 0 aromatic carbocycles. The summed E-state index contributed by atoms with van der Waals surface area (Å²) in [5.41, 5.74) is -0.0989. The van der Waals surface area contributed by atoms with E-state index in [4.69, 9.17) is 9.47 Å². The van der Waals surface area contributed by atoms with E-state index >= 15 is 0 Å². The minimum atomic E-state index is -0.0989. The van der Waals surface area contributed by atoms with Crippen LogP contribution in [0.4, 0.5) is 0 Å². The van der Waals surface area contributed by atoms with Crippen LogP contribution >= 0.6 is 0 Å². The van der Waals surface area contributed by atoms with Gasteiger partial charge in [0.2, 0.25) is 0 Å². The molecule has 0 N–H and O–H groups in total. The van der Waals surface area contributed by atoms with Crippen molar-refractivity contribution in [2.45, 2.75) is 26.4 Å². The number of rotatable bonds is 4. The molecule has 0 unspecified atom stereocenters. The lowest BCUT2D eigenvalue weighted by Crippen LogP contribution is -2.22. The van der Waals surface area contributed by atoms with E-state index in [1.807, 2.05) is 32.9 Å². The molecule has 1 heterocycles. The predicted molar refractivity (Wildman–Crippen MR) is 55.4 cm³/mol. The third-order valence-corrected chi connectivity index (χ3v) is 1.52. The van der Waals surface area contributed by atoms with Crippen LogP contribution in [0.2, 0.25) is 0 Å². The highest BCUT2D eigenvalue weighted by Gasteiger charge is 2.08. The van der Waals surface area contributed by atoms with Crippen molar-refractivity contribution in [3.8, 4) is 5.75 Å². The van der Waals surface area contributed by atoms with Crippen LogP contribution in [0.15, 0.2) is 24.5 Å². The van der Waals surface area contributed by atoms with Gasteiger partial charge in [0.25, 0.3) is 0 Å². The molecular formula is C11H17NO2. The highest BCUT2D eigenvalue weighted by Crippen LogP contribution is 2.08. The lowest BCUT2D eigenvalue weighted by atomic mass is 10.2. The van der Waals surface area contributed by atoms with E-state index in [1.54, 1.807) is 12.4 Å². The van der Waals surface area contributed by atoms with Gasteiger partial charge >= 0.3 is 0 Å².